The van der Waals surface area contributed by atoms with E-state index in [-0.39, 0.29) is 27.5 Å². The van der Waals surface area contributed by atoms with Crippen LogP contribution >= 0.6 is 15.9 Å². The summed E-state index contributed by atoms with van der Waals surface area (Å²) in [5.41, 5.74) is 0.624. The van der Waals surface area contributed by atoms with E-state index in [0.717, 1.165) is 0 Å². The molecular formula is C13H12BrNO3S. The topological polar surface area (TPSA) is 64.1 Å². The average molecular weight is 342 g/mol. The SMILES string of the molecule is CCS(=O)(=O)c1cc2ccccc2nc1C(=O)CBr. The smallest absolute Gasteiger partial charge is 0.193 e. The van der Waals surface area contributed by atoms with Gasteiger partial charge in [-0.3, -0.25) is 4.79 Å². The van der Waals surface area contributed by atoms with Gasteiger partial charge in [-0.05, 0) is 12.1 Å². The second-order valence-electron chi connectivity index (χ2n) is 3.99. The molecule has 2 aromatic rings. The van der Waals surface area contributed by atoms with Crippen LogP contribution in [0.25, 0.3) is 10.9 Å². The Morgan fingerprint density at radius 3 is 2.63 bits per heavy atom. The molecule has 0 aliphatic carbocycles. The molecule has 2 rings (SSSR count). The standard InChI is InChI=1S/C13H12BrNO3S/c1-2-19(17,18)12-7-9-5-3-4-6-10(9)15-13(12)11(16)8-14/h3-7H,2,8H2,1H3. The highest BCUT2D eigenvalue weighted by Crippen LogP contribution is 2.22. The molecule has 0 aliphatic heterocycles. The number of carbonyl (C=O) groups excluding carboxylic acids is 1. The van der Waals surface area contributed by atoms with Crippen LogP contribution in [0.15, 0.2) is 35.2 Å². The maximum absolute atomic E-state index is 12.1. The number of nitrogens with zero attached hydrogens (tertiary/aromatic N) is 1. The Hall–Kier alpha value is -1.27. The zero-order chi connectivity index (χ0) is 14.0. The van der Waals surface area contributed by atoms with Gasteiger partial charge in [-0.1, -0.05) is 41.1 Å². The van der Waals surface area contributed by atoms with Gasteiger partial charge < -0.3 is 0 Å². The van der Waals surface area contributed by atoms with Crippen LogP contribution in [0.5, 0.6) is 0 Å². The van der Waals surface area contributed by atoms with Gasteiger partial charge in [0.25, 0.3) is 0 Å². The Bertz CT molecular complexity index is 741. The van der Waals surface area contributed by atoms with Crippen molar-refractivity contribution in [3.63, 3.8) is 0 Å². The summed E-state index contributed by atoms with van der Waals surface area (Å²) in [6.45, 7) is 1.55. The number of hydrogen-bond donors (Lipinski definition) is 0. The number of halogens is 1. The molecule has 0 radical (unpaired) electrons. The summed E-state index contributed by atoms with van der Waals surface area (Å²) in [5.74, 6) is -0.395. The van der Waals surface area contributed by atoms with Gasteiger partial charge in [0.2, 0.25) is 0 Å². The minimum Gasteiger partial charge on any atom is -0.291 e. The van der Waals surface area contributed by atoms with Gasteiger partial charge in [0.15, 0.2) is 15.6 Å². The van der Waals surface area contributed by atoms with Crippen molar-refractivity contribution in [2.45, 2.75) is 11.8 Å². The van der Waals surface area contributed by atoms with Gasteiger partial charge >= 0.3 is 0 Å². The molecule has 0 N–H and O–H groups in total. The molecule has 0 saturated carbocycles. The van der Waals surface area contributed by atoms with E-state index >= 15 is 0 Å². The third-order valence-corrected chi connectivity index (χ3v) is 5.04. The highest BCUT2D eigenvalue weighted by atomic mass is 79.9. The number of alkyl halides is 1. The van der Waals surface area contributed by atoms with E-state index in [1.54, 1.807) is 31.2 Å². The Labute approximate surface area is 119 Å². The van der Waals surface area contributed by atoms with E-state index in [0.29, 0.717) is 10.9 Å². The maximum atomic E-state index is 12.1. The van der Waals surface area contributed by atoms with E-state index in [1.165, 1.54) is 6.07 Å². The number of fused-ring (bicyclic) bond motifs is 1. The van der Waals surface area contributed by atoms with E-state index in [1.807, 2.05) is 0 Å². The second kappa shape index (κ2) is 5.38. The molecule has 4 nitrogen and oxygen atoms in total. The number of para-hydroxylation sites is 1. The monoisotopic (exact) mass is 341 g/mol. The maximum Gasteiger partial charge on any atom is 0.193 e. The van der Waals surface area contributed by atoms with Crippen molar-refractivity contribution in [2.75, 3.05) is 11.1 Å². The number of rotatable bonds is 4. The zero-order valence-electron chi connectivity index (χ0n) is 10.3. The Kier molecular flexibility index (Phi) is 4.01. The molecule has 0 amide bonds. The lowest BCUT2D eigenvalue weighted by molar-refractivity contribution is 0.101. The average Bonchev–Trinajstić information content (AvgIpc) is 2.45. The number of pyridine rings is 1. The van der Waals surface area contributed by atoms with Gasteiger partial charge in [-0.25, -0.2) is 13.4 Å². The minimum absolute atomic E-state index is 0.0115. The summed E-state index contributed by atoms with van der Waals surface area (Å²) in [6, 6.07) is 8.66. The van der Waals surface area contributed by atoms with Crippen LogP contribution in [0.3, 0.4) is 0 Å². The Balaban J connectivity index is 2.82. The van der Waals surface area contributed by atoms with Gasteiger partial charge in [0.05, 0.1) is 21.5 Å². The van der Waals surface area contributed by atoms with Crippen LogP contribution in [-0.2, 0) is 9.84 Å². The van der Waals surface area contributed by atoms with Crippen molar-refractivity contribution in [1.82, 2.24) is 4.98 Å². The Morgan fingerprint density at radius 2 is 2.00 bits per heavy atom. The molecule has 1 aromatic carbocycles. The molecule has 19 heavy (non-hydrogen) atoms. The summed E-state index contributed by atoms with van der Waals surface area (Å²) in [4.78, 5) is 16.1. The predicted octanol–water partition coefficient (Wildman–Crippen LogP) is 2.61. The lowest BCUT2D eigenvalue weighted by Gasteiger charge is -2.08. The zero-order valence-corrected chi connectivity index (χ0v) is 12.7. The summed E-state index contributed by atoms with van der Waals surface area (Å²) in [6.07, 6.45) is 0. The first-order valence-electron chi connectivity index (χ1n) is 5.71. The molecule has 0 aliphatic rings. The molecule has 0 fully saturated rings. The lowest BCUT2D eigenvalue weighted by atomic mass is 10.2. The van der Waals surface area contributed by atoms with Crippen molar-refractivity contribution in [2.24, 2.45) is 0 Å². The van der Waals surface area contributed by atoms with Crippen molar-refractivity contribution in [3.05, 3.63) is 36.0 Å². The normalized spacial score (nSPS) is 11.7. The molecule has 0 atom stereocenters. The fraction of sp³-hybridized carbons (Fsp3) is 0.231. The summed E-state index contributed by atoms with van der Waals surface area (Å²) in [5, 5.41) is 0.755. The quantitative estimate of drug-likeness (QED) is 0.633. The highest BCUT2D eigenvalue weighted by Gasteiger charge is 2.22. The molecule has 1 heterocycles. The number of ketones is 1. The fourth-order valence-electron chi connectivity index (χ4n) is 1.75. The van der Waals surface area contributed by atoms with Gasteiger partial charge in [0.1, 0.15) is 5.69 Å². The number of Topliss-reactive ketones (excluding diaryl/α,β-unsaturated/α-hetero) is 1. The number of aromatic nitrogens is 1. The van der Waals surface area contributed by atoms with Gasteiger partial charge in [-0.15, -0.1) is 0 Å². The summed E-state index contributed by atoms with van der Waals surface area (Å²) < 4.78 is 24.2. The van der Waals surface area contributed by atoms with E-state index in [4.69, 9.17) is 0 Å². The largest absolute Gasteiger partial charge is 0.291 e. The third kappa shape index (κ3) is 2.69. The van der Waals surface area contributed by atoms with Crippen LogP contribution in [0.4, 0.5) is 0 Å². The lowest BCUT2D eigenvalue weighted by Crippen LogP contribution is -2.14. The highest BCUT2D eigenvalue weighted by molar-refractivity contribution is 9.09. The molecule has 0 bridgehead atoms. The first kappa shape index (κ1) is 14.1. The number of sulfone groups is 1. The molecule has 100 valence electrons. The number of carbonyl (C=O) groups is 1. The first-order chi connectivity index (χ1) is 8.99. The second-order valence-corrected chi connectivity index (χ2v) is 6.80. The first-order valence-corrected chi connectivity index (χ1v) is 8.48. The predicted molar refractivity (Wildman–Crippen MR) is 77.6 cm³/mol. The summed E-state index contributed by atoms with van der Waals surface area (Å²) in [7, 11) is -3.48. The number of benzene rings is 1. The van der Waals surface area contributed by atoms with E-state index in [2.05, 4.69) is 20.9 Å². The molecule has 0 unspecified atom stereocenters. The third-order valence-electron chi connectivity index (χ3n) is 2.79. The van der Waals surface area contributed by atoms with Crippen LogP contribution in [0.2, 0.25) is 0 Å². The fourth-order valence-corrected chi connectivity index (χ4v) is 3.09. The molecule has 6 heteroatoms. The van der Waals surface area contributed by atoms with Crippen LogP contribution in [0.1, 0.15) is 17.4 Å². The van der Waals surface area contributed by atoms with Crippen molar-refractivity contribution in [1.29, 1.82) is 0 Å². The molecule has 1 aromatic heterocycles. The van der Waals surface area contributed by atoms with Crippen LogP contribution in [-0.4, -0.2) is 30.3 Å². The van der Waals surface area contributed by atoms with Gasteiger partial charge in [0, 0.05) is 5.39 Å². The Morgan fingerprint density at radius 1 is 1.32 bits per heavy atom. The van der Waals surface area contributed by atoms with Crippen LogP contribution < -0.4 is 0 Å². The van der Waals surface area contributed by atoms with Crippen LogP contribution in [0, 0.1) is 0 Å². The van der Waals surface area contributed by atoms with E-state index < -0.39 is 9.84 Å². The van der Waals surface area contributed by atoms with Gasteiger partial charge in [-0.2, -0.15) is 0 Å². The van der Waals surface area contributed by atoms with E-state index in [9.17, 15) is 13.2 Å². The molecule has 0 spiro atoms. The minimum atomic E-state index is -3.48. The van der Waals surface area contributed by atoms with Crippen molar-refractivity contribution < 1.29 is 13.2 Å². The number of hydrogen-bond acceptors (Lipinski definition) is 4. The molecular weight excluding hydrogens is 330 g/mol. The summed E-state index contributed by atoms with van der Waals surface area (Å²) >= 11 is 3.05. The van der Waals surface area contributed by atoms with Crippen molar-refractivity contribution >= 4 is 42.5 Å². The van der Waals surface area contributed by atoms with Crippen molar-refractivity contribution in [3.8, 4) is 0 Å². The molecule has 0 saturated heterocycles.